The molecular formula is C17H24N2O. The fourth-order valence-electron chi connectivity index (χ4n) is 5.53. The Bertz CT molecular complexity index is 442. The molecule has 20 heavy (non-hydrogen) atoms. The number of fused-ring (bicyclic) bond motifs is 5. The van der Waals surface area contributed by atoms with E-state index in [9.17, 15) is 10.1 Å². The highest BCUT2D eigenvalue weighted by atomic mass is 16.2. The van der Waals surface area contributed by atoms with Gasteiger partial charge >= 0.3 is 0 Å². The Morgan fingerprint density at radius 3 is 2.20 bits per heavy atom. The summed E-state index contributed by atoms with van der Waals surface area (Å²) in [6, 6.07) is 2.80. The molecular weight excluding hydrogens is 248 g/mol. The van der Waals surface area contributed by atoms with Crippen LogP contribution in [0.2, 0.25) is 0 Å². The van der Waals surface area contributed by atoms with E-state index in [0.29, 0.717) is 6.04 Å². The maximum atomic E-state index is 12.7. The van der Waals surface area contributed by atoms with Crippen LogP contribution in [0.1, 0.15) is 57.8 Å². The normalized spacial score (nSPS) is 44.2. The van der Waals surface area contributed by atoms with Crippen molar-refractivity contribution in [3.63, 3.8) is 0 Å². The van der Waals surface area contributed by atoms with E-state index in [1.165, 1.54) is 32.1 Å². The smallest absolute Gasteiger partial charge is 0.240 e. The lowest BCUT2D eigenvalue weighted by molar-refractivity contribution is -0.129. The van der Waals surface area contributed by atoms with Gasteiger partial charge in [0, 0.05) is 6.04 Å². The van der Waals surface area contributed by atoms with Gasteiger partial charge in [-0.25, -0.2) is 0 Å². The molecule has 1 N–H and O–H groups in total. The molecule has 2 bridgehead atoms. The monoisotopic (exact) mass is 272 g/mol. The van der Waals surface area contributed by atoms with Crippen LogP contribution < -0.4 is 5.32 Å². The van der Waals surface area contributed by atoms with E-state index in [4.69, 9.17) is 0 Å². The molecule has 0 aromatic heterocycles. The minimum Gasteiger partial charge on any atom is -0.351 e. The molecule has 4 fully saturated rings. The number of nitrogens with zero attached hydrogens (tertiary/aromatic N) is 1. The summed E-state index contributed by atoms with van der Waals surface area (Å²) in [5.41, 5.74) is -0.716. The third kappa shape index (κ3) is 1.73. The van der Waals surface area contributed by atoms with Gasteiger partial charge in [-0.05, 0) is 55.8 Å². The summed E-state index contributed by atoms with van der Waals surface area (Å²) in [6.07, 6.45) is 10.1. The van der Waals surface area contributed by atoms with Gasteiger partial charge in [0.15, 0.2) is 0 Å². The molecule has 0 saturated heterocycles. The van der Waals surface area contributed by atoms with Gasteiger partial charge in [0.1, 0.15) is 5.41 Å². The van der Waals surface area contributed by atoms with Crippen molar-refractivity contribution in [2.75, 3.05) is 0 Å². The number of hydrogen-bond acceptors (Lipinski definition) is 2. The SMILES string of the molecule is N#CC1(C(=O)NC2C3C4CCC(C4)C23)CCCCCC1. The maximum absolute atomic E-state index is 12.7. The van der Waals surface area contributed by atoms with Gasteiger partial charge in [0.2, 0.25) is 5.91 Å². The second-order valence-corrected chi connectivity index (χ2v) is 7.60. The second kappa shape index (κ2) is 4.48. The minimum atomic E-state index is -0.716. The molecule has 0 radical (unpaired) electrons. The molecule has 0 aliphatic heterocycles. The lowest BCUT2D eigenvalue weighted by atomic mass is 9.81. The quantitative estimate of drug-likeness (QED) is 0.786. The molecule has 1 amide bonds. The zero-order chi connectivity index (χ0) is 13.7. The van der Waals surface area contributed by atoms with Crippen LogP contribution in [-0.2, 0) is 4.79 Å². The van der Waals surface area contributed by atoms with Crippen molar-refractivity contribution < 1.29 is 4.79 Å². The molecule has 4 unspecified atom stereocenters. The Morgan fingerprint density at radius 2 is 1.65 bits per heavy atom. The van der Waals surface area contributed by atoms with E-state index in [1.54, 1.807) is 0 Å². The summed E-state index contributed by atoms with van der Waals surface area (Å²) in [7, 11) is 0. The first kappa shape index (κ1) is 12.7. The number of rotatable bonds is 2. The van der Waals surface area contributed by atoms with Crippen molar-refractivity contribution >= 4 is 5.91 Å². The lowest BCUT2D eigenvalue weighted by Crippen LogP contribution is -2.42. The fraction of sp³-hybridized carbons (Fsp3) is 0.882. The van der Waals surface area contributed by atoms with Crippen molar-refractivity contribution in [3.05, 3.63) is 0 Å². The first-order valence-corrected chi connectivity index (χ1v) is 8.47. The van der Waals surface area contributed by atoms with E-state index < -0.39 is 5.41 Å². The number of amides is 1. The van der Waals surface area contributed by atoms with Gasteiger partial charge < -0.3 is 5.32 Å². The van der Waals surface area contributed by atoms with E-state index >= 15 is 0 Å². The van der Waals surface area contributed by atoms with Crippen LogP contribution >= 0.6 is 0 Å². The molecule has 4 saturated carbocycles. The Labute approximate surface area is 121 Å². The number of carbonyl (C=O) groups excluding carboxylic acids is 1. The highest BCUT2D eigenvalue weighted by Crippen LogP contribution is 2.65. The lowest BCUT2D eigenvalue weighted by Gasteiger charge is -2.24. The molecule has 0 aromatic rings. The molecule has 0 spiro atoms. The van der Waals surface area contributed by atoms with Crippen LogP contribution in [0.4, 0.5) is 0 Å². The summed E-state index contributed by atoms with van der Waals surface area (Å²) in [5, 5.41) is 12.9. The van der Waals surface area contributed by atoms with Gasteiger partial charge in [-0.15, -0.1) is 0 Å². The average Bonchev–Trinajstić information content (AvgIpc) is 2.94. The number of nitrogens with one attached hydrogen (secondary N) is 1. The van der Waals surface area contributed by atoms with Crippen LogP contribution in [0.15, 0.2) is 0 Å². The standard InChI is InChI=1S/C17H24N2O/c18-10-17(7-3-1-2-4-8-17)16(20)19-15-13-11-5-6-12(9-11)14(13)15/h11-15H,1-9H2,(H,19,20). The minimum absolute atomic E-state index is 0.0562. The van der Waals surface area contributed by atoms with E-state index in [1.807, 2.05) is 0 Å². The number of carbonyl (C=O) groups is 1. The molecule has 4 atom stereocenters. The molecule has 4 rings (SSSR count). The molecule has 0 aromatic carbocycles. The summed E-state index contributed by atoms with van der Waals surface area (Å²) in [5.74, 6) is 3.34. The van der Waals surface area contributed by atoms with E-state index in [2.05, 4.69) is 11.4 Å². The van der Waals surface area contributed by atoms with E-state index in [0.717, 1.165) is 49.4 Å². The predicted molar refractivity (Wildman–Crippen MR) is 75.5 cm³/mol. The van der Waals surface area contributed by atoms with Crippen molar-refractivity contribution in [2.24, 2.45) is 29.1 Å². The van der Waals surface area contributed by atoms with Gasteiger partial charge in [-0.1, -0.05) is 25.7 Å². The Hall–Kier alpha value is -1.04. The van der Waals surface area contributed by atoms with E-state index in [-0.39, 0.29) is 5.91 Å². The highest BCUT2D eigenvalue weighted by Gasteiger charge is 2.65. The molecule has 0 heterocycles. The summed E-state index contributed by atoms with van der Waals surface area (Å²) < 4.78 is 0. The van der Waals surface area contributed by atoms with Gasteiger partial charge in [-0.2, -0.15) is 5.26 Å². The van der Waals surface area contributed by atoms with Crippen molar-refractivity contribution in [2.45, 2.75) is 63.8 Å². The van der Waals surface area contributed by atoms with Crippen LogP contribution in [0, 0.1) is 40.4 Å². The van der Waals surface area contributed by atoms with Crippen LogP contribution in [0.25, 0.3) is 0 Å². The molecule has 108 valence electrons. The zero-order valence-corrected chi connectivity index (χ0v) is 12.1. The largest absolute Gasteiger partial charge is 0.351 e. The first-order chi connectivity index (χ1) is 9.75. The molecule has 3 heteroatoms. The number of nitriles is 1. The first-order valence-electron chi connectivity index (χ1n) is 8.47. The van der Waals surface area contributed by atoms with Crippen LogP contribution in [-0.4, -0.2) is 11.9 Å². The Kier molecular flexibility index (Phi) is 2.84. The van der Waals surface area contributed by atoms with Crippen molar-refractivity contribution in [1.29, 1.82) is 5.26 Å². The average molecular weight is 272 g/mol. The Balaban J connectivity index is 1.44. The molecule has 3 nitrogen and oxygen atoms in total. The number of hydrogen-bond donors (Lipinski definition) is 1. The molecule has 4 aliphatic carbocycles. The van der Waals surface area contributed by atoms with Gasteiger partial charge in [0.25, 0.3) is 0 Å². The predicted octanol–water partition coefficient (Wildman–Crippen LogP) is 3.01. The van der Waals surface area contributed by atoms with Gasteiger partial charge in [-0.3, -0.25) is 4.79 Å². The van der Waals surface area contributed by atoms with Crippen molar-refractivity contribution in [3.8, 4) is 6.07 Å². The summed E-state index contributed by atoms with van der Waals surface area (Å²) in [6.45, 7) is 0. The third-order valence-electron chi connectivity index (χ3n) is 6.64. The zero-order valence-electron chi connectivity index (χ0n) is 12.1. The van der Waals surface area contributed by atoms with Crippen molar-refractivity contribution in [1.82, 2.24) is 5.32 Å². The van der Waals surface area contributed by atoms with Crippen LogP contribution in [0.5, 0.6) is 0 Å². The summed E-state index contributed by atoms with van der Waals surface area (Å²) >= 11 is 0. The van der Waals surface area contributed by atoms with Crippen LogP contribution in [0.3, 0.4) is 0 Å². The third-order valence-corrected chi connectivity index (χ3v) is 6.64. The Morgan fingerprint density at radius 1 is 1.05 bits per heavy atom. The molecule has 4 aliphatic rings. The van der Waals surface area contributed by atoms with Gasteiger partial charge in [0.05, 0.1) is 6.07 Å². The second-order valence-electron chi connectivity index (χ2n) is 7.60. The maximum Gasteiger partial charge on any atom is 0.240 e. The highest BCUT2D eigenvalue weighted by molar-refractivity contribution is 5.86. The summed E-state index contributed by atoms with van der Waals surface area (Å²) in [4.78, 5) is 12.7. The topological polar surface area (TPSA) is 52.9 Å². The fourth-order valence-corrected chi connectivity index (χ4v) is 5.53.